The van der Waals surface area contributed by atoms with E-state index >= 15 is 0 Å². The van der Waals surface area contributed by atoms with E-state index in [1.54, 1.807) is 24.3 Å². The van der Waals surface area contributed by atoms with Gasteiger partial charge in [0.05, 0.1) is 16.8 Å². The Hall–Kier alpha value is -2.47. The molecule has 1 aromatic carbocycles. The predicted octanol–water partition coefficient (Wildman–Crippen LogP) is 3.11. The molecular formula is C14H15N3O3. The first-order valence-corrected chi connectivity index (χ1v) is 6.12. The number of aryl methyl sites for hydroxylation is 1. The van der Waals surface area contributed by atoms with Gasteiger partial charge in [0.2, 0.25) is 5.75 Å². The molecule has 2 rings (SSSR count). The maximum atomic E-state index is 11.0. The van der Waals surface area contributed by atoms with E-state index in [0.29, 0.717) is 5.75 Å². The molecule has 0 aliphatic heterocycles. The second kappa shape index (κ2) is 5.66. The lowest BCUT2D eigenvalue weighted by Gasteiger charge is -2.08. The monoisotopic (exact) mass is 273 g/mol. The zero-order valence-electron chi connectivity index (χ0n) is 11.2. The lowest BCUT2D eigenvalue weighted by Crippen LogP contribution is -2.06. The first-order chi connectivity index (χ1) is 9.47. The van der Waals surface area contributed by atoms with E-state index in [2.05, 4.69) is 4.98 Å². The summed E-state index contributed by atoms with van der Waals surface area (Å²) in [6, 6.07) is 7.98. The maximum absolute atomic E-state index is 11.0. The molecule has 6 nitrogen and oxygen atoms in total. The number of aromatic nitrogens is 1. The first-order valence-electron chi connectivity index (χ1n) is 6.12. The van der Waals surface area contributed by atoms with Crippen LogP contribution in [-0.2, 0) is 0 Å². The highest BCUT2D eigenvalue weighted by Crippen LogP contribution is 2.31. The highest BCUT2D eigenvalue weighted by Gasteiger charge is 2.15. The molecule has 6 heteroatoms. The summed E-state index contributed by atoms with van der Waals surface area (Å²) in [6.07, 6.45) is 1.50. The van der Waals surface area contributed by atoms with Crippen molar-refractivity contribution in [3.8, 4) is 11.5 Å². The Kier molecular flexibility index (Phi) is 3.95. The molecule has 0 fully saturated rings. The molecule has 1 heterocycles. The SMILES string of the molecule is Cc1ccc([N+](=O)[O-])c(Oc2ccc([C@@H](C)N)nc2)c1. The van der Waals surface area contributed by atoms with Crippen LogP contribution in [0.15, 0.2) is 36.5 Å². The molecule has 0 aliphatic rings. The van der Waals surface area contributed by atoms with E-state index in [0.717, 1.165) is 11.3 Å². The topological polar surface area (TPSA) is 91.3 Å². The van der Waals surface area contributed by atoms with Crippen molar-refractivity contribution in [2.75, 3.05) is 0 Å². The van der Waals surface area contributed by atoms with E-state index in [1.807, 2.05) is 13.8 Å². The van der Waals surface area contributed by atoms with Gasteiger partial charge in [-0.2, -0.15) is 0 Å². The van der Waals surface area contributed by atoms with Crippen LogP contribution in [0.5, 0.6) is 11.5 Å². The van der Waals surface area contributed by atoms with Crippen molar-refractivity contribution >= 4 is 5.69 Å². The van der Waals surface area contributed by atoms with Crippen molar-refractivity contribution in [1.82, 2.24) is 4.98 Å². The number of nitrogens with two attached hydrogens (primary N) is 1. The zero-order chi connectivity index (χ0) is 14.7. The summed E-state index contributed by atoms with van der Waals surface area (Å²) in [7, 11) is 0. The number of benzene rings is 1. The Bertz CT molecular complexity index is 624. The van der Waals surface area contributed by atoms with Gasteiger partial charge >= 0.3 is 5.69 Å². The number of rotatable bonds is 4. The third-order valence-electron chi connectivity index (χ3n) is 2.77. The van der Waals surface area contributed by atoms with E-state index in [9.17, 15) is 10.1 Å². The van der Waals surface area contributed by atoms with Crippen LogP contribution in [0.2, 0.25) is 0 Å². The highest BCUT2D eigenvalue weighted by molar-refractivity contribution is 5.50. The summed E-state index contributed by atoms with van der Waals surface area (Å²) in [5.74, 6) is 0.633. The number of nitrogens with zero attached hydrogens (tertiary/aromatic N) is 2. The molecule has 104 valence electrons. The van der Waals surface area contributed by atoms with Crippen molar-refractivity contribution < 1.29 is 9.66 Å². The summed E-state index contributed by atoms with van der Waals surface area (Å²) < 4.78 is 5.54. The van der Waals surface area contributed by atoms with Gasteiger partial charge in [0.15, 0.2) is 0 Å². The fourth-order valence-corrected chi connectivity index (χ4v) is 1.70. The van der Waals surface area contributed by atoms with Gasteiger partial charge in [-0.15, -0.1) is 0 Å². The Labute approximate surface area is 116 Å². The van der Waals surface area contributed by atoms with Crippen LogP contribution in [-0.4, -0.2) is 9.91 Å². The molecule has 0 bridgehead atoms. The summed E-state index contributed by atoms with van der Waals surface area (Å²) >= 11 is 0. The molecular weight excluding hydrogens is 258 g/mol. The molecule has 0 saturated heterocycles. The molecule has 20 heavy (non-hydrogen) atoms. The molecule has 2 aromatic rings. The van der Waals surface area contributed by atoms with Crippen molar-refractivity contribution in [1.29, 1.82) is 0 Å². The first kappa shape index (κ1) is 14.0. The van der Waals surface area contributed by atoms with Crippen LogP contribution in [0.1, 0.15) is 24.2 Å². The summed E-state index contributed by atoms with van der Waals surface area (Å²) in [5.41, 5.74) is 7.24. The van der Waals surface area contributed by atoms with Gasteiger partial charge in [-0.05, 0) is 37.6 Å². The highest BCUT2D eigenvalue weighted by atomic mass is 16.6. The fraction of sp³-hybridized carbons (Fsp3) is 0.214. The lowest BCUT2D eigenvalue weighted by atomic mass is 10.2. The molecule has 1 aromatic heterocycles. The van der Waals surface area contributed by atoms with Crippen LogP contribution >= 0.6 is 0 Å². The third-order valence-corrected chi connectivity index (χ3v) is 2.77. The predicted molar refractivity (Wildman–Crippen MR) is 74.7 cm³/mol. The van der Waals surface area contributed by atoms with Crippen molar-refractivity contribution in [2.45, 2.75) is 19.9 Å². The number of pyridine rings is 1. The number of ether oxygens (including phenoxy) is 1. The van der Waals surface area contributed by atoms with Gasteiger partial charge in [-0.3, -0.25) is 15.1 Å². The quantitative estimate of drug-likeness (QED) is 0.682. The van der Waals surface area contributed by atoms with Crippen molar-refractivity contribution in [3.05, 3.63) is 57.9 Å². The Morgan fingerprint density at radius 3 is 2.65 bits per heavy atom. The molecule has 0 unspecified atom stereocenters. The smallest absolute Gasteiger partial charge is 0.311 e. The lowest BCUT2D eigenvalue weighted by molar-refractivity contribution is -0.385. The van der Waals surface area contributed by atoms with Crippen molar-refractivity contribution in [2.24, 2.45) is 5.73 Å². The van der Waals surface area contributed by atoms with E-state index in [1.165, 1.54) is 12.3 Å². The third kappa shape index (κ3) is 3.10. The van der Waals surface area contributed by atoms with Crippen LogP contribution in [0, 0.1) is 17.0 Å². The second-order valence-corrected chi connectivity index (χ2v) is 4.54. The molecule has 0 spiro atoms. The second-order valence-electron chi connectivity index (χ2n) is 4.54. The van der Waals surface area contributed by atoms with Crippen molar-refractivity contribution in [3.63, 3.8) is 0 Å². The largest absolute Gasteiger partial charge is 0.448 e. The minimum absolute atomic E-state index is 0.0770. The molecule has 0 saturated carbocycles. The average molecular weight is 273 g/mol. The van der Waals surface area contributed by atoms with Gasteiger partial charge in [-0.25, -0.2) is 0 Å². The van der Waals surface area contributed by atoms with Gasteiger partial charge < -0.3 is 10.5 Å². The molecule has 2 N–H and O–H groups in total. The van der Waals surface area contributed by atoms with E-state index < -0.39 is 4.92 Å². The summed E-state index contributed by atoms with van der Waals surface area (Å²) in [4.78, 5) is 14.6. The van der Waals surface area contributed by atoms with Gasteiger partial charge in [0.25, 0.3) is 0 Å². The number of nitro groups is 1. The molecule has 0 amide bonds. The van der Waals surface area contributed by atoms with E-state index in [4.69, 9.17) is 10.5 Å². The van der Waals surface area contributed by atoms with Gasteiger partial charge in [-0.1, -0.05) is 6.07 Å². The van der Waals surface area contributed by atoms with Gasteiger partial charge in [0.1, 0.15) is 5.75 Å². The normalized spacial score (nSPS) is 11.9. The molecule has 0 radical (unpaired) electrons. The van der Waals surface area contributed by atoms with Crippen LogP contribution < -0.4 is 10.5 Å². The zero-order valence-corrected chi connectivity index (χ0v) is 11.2. The molecule has 0 aliphatic carbocycles. The minimum Gasteiger partial charge on any atom is -0.448 e. The maximum Gasteiger partial charge on any atom is 0.311 e. The van der Waals surface area contributed by atoms with Crippen LogP contribution in [0.3, 0.4) is 0 Å². The van der Waals surface area contributed by atoms with Crippen LogP contribution in [0.25, 0.3) is 0 Å². The Morgan fingerprint density at radius 1 is 1.35 bits per heavy atom. The number of hydrogen-bond acceptors (Lipinski definition) is 5. The summed E-state index contributed by atoms with van der Waals surface area (Å²) in [6.45, 7) is 3.67. The Morgan fingerprint density at radius 2 is 2.10 bits per heavy atom. The average Bonchev–Trinajstić information content (AvgIpc) is 2.39. The minimum atomic E-state index is -0.474. The Balaban J connectivity index is 2.29. The number of hydrogen-bond donors (Lipinski definition) is 1. The van der Waals surface area contributed by atoms with E-state index in [-0.39, 0.29) is 17.5 Å². The fourth-order valence-electron chi connectivity index (χ4n) is 1.70. The number of nitro benzene ring substituents is 1. The summed E-state index contributed by atoms with van der Waals surface area (Å²) in [5, 5.41) is 11.0. The van der Waals surface area contributed by atoms with Gasteiger partial charge in [0, 0.05) is 12.1 Å². The molecule has 1 atom stereocenters. The standard InChI is InChI=1S/C14H15N3O3/c1-9-3-6-13(17(18)19)14(7-9)20-11-4-5-12(10(2)15)16-8-11/h3-8,10H,15H2,1-2H3/t10-/m1/s1. The van der Waals surface area contributed by atoms with Crippen LogP contribution in [0.4, 0.5) is 5.69 Å².